The standard InChI is InChI=1S/C14H11N3O2/c18-14(17-12-7-3-4-8-15-12)19-13-9-10-5-1-2-6-11(10)16-13/h1-9,16H,(H,15,17,18). The van der Waals surface area contributed by atoms with Crippen LogP contribution in [0.15, 0.2) is 54.7 Å². The fourth-order valence-electron chi connectivity index (χ4n) is 1.77. The Morgan fingerprint density at radius 1 is 1.16 bits per heavy atom. The van der Waals surface area contributed by atoms with E-state index in [1.807, 2.05) is 24.3 Å². The Kier molecular flexibility index (Phi) is 2.86. The van der Waals surface area contributed by atoms with Crippen molar-refractivity contribution in [1.82, 2.24) is 9.97 Å². The average molecular weight is 253 g/mol. The summed E-state index contributed by atoms with van der Waals surface area (Å²) in [7, 11) is 0. The summed E-state index contributed by atoms with van der Waals surface area (Å²) in [6.45, 7) is 0. The normalized spacial score (nSPS) is 10.3. The third-order valence-corrected chi connectivity index (χ3v) is 2.60. The number of aromatic amines is 1. The molecule has 0 aliphatic rings. The lowest BCUT2D eigenvalue weighted by Gasteiger charge is -2.03. The predicted molar refractivity (Wildman–Crippen MR) is 72.2 cm³/mol. The number of benzene rings is 1. The summed E-state index contributed by atoms with van der Waals surface area (Å²) in [6.07, 6.45) is 1.02. The first-order chi connectivity index (χ1) is 9.31. The first kappa shape index (κ1) is 11.3. The Balaban J connectivity index is 1.72. The number of ether oxygens (including phenoxy) is 1. The fraction of sp³-hybridized carbons (Fsp3) is 0. The van der Waals surface area contributed by atoms with Gasteiger partial charge in [-0.25, -0.2) is 9.78 Å². The smallest absolute Gasteiger partial charge is 0.393 e. The zero-order valence-corrected chi connectivity index (χ0v) is 9.96. The first-order valence-electron chi connectivity index (χ1n) is 5.79. The number of hydrogen-bond acceptors (Lipinski definition) is 3. The van der Waals surface area contributed by atoms with Gasteiger partial charge < -0.3 is 9.72 Å². The summed E-state index contributed by atoms with van der Waals surface area (Å²) in [5, 5.41) is 3.53. The number of H-pyrrole nitrogens is 1. The van der Waals surface area contributed by atoms with Gasteiger partial charge in [0.1, 0.15) is 5.82 Å². The molecule has 94 valence electrons. The molecule has 2 aromatic heterocycles. The van der Waals surface area contributed by atoms with Crippen molar-refractivity contribution < 1.29 is 9.53 Å². The first-order valence-corrected chi connectivity index (χ1v) is 5.79. The Morgan fingerprint density at radius 2 is 2.00 bits per heavy atom. The lowest BCUT2D eigenvalue weighted by molar-refractivity contribution is 0.213. The minimum absolute atomic E-state index is 0.398. The lowest BCUT2D eigenvalue weighted by atomic mass is 10.3. The fourth-order valence-corrected chi connectivity index (χ4v) is 1.77. The van der Waals surface area contributed by atoms with E-state index in [-0.39, 0.29) is 0 Å². The van der Waals surface area contributed by atoms with Gasteiger partial charge >= 0.3 is 6.09 Å². The molecule has 2 N–H and O–H groups in total. The molecule has 19 heavy (non-hydrogen) atoms. The number of nitrogens with zero attached hydrogens (tertiary/aromatic N) is 1. The third kappa shape index (κ3) is 2.55. The molecule has 0 aliphatic carbocycles. The maximum atomic E-state index is 11.7. The van der Waals surface area contributed by atoms with Crippen LogP contribution in [0, 0.1) is 0 Å². The van der Waals surface area contributed by atoms with Crippen LogP contribution in [0.2, 0.25) is 0 Å². The van der Waals surface area contributed by atoms with Crippen LogP contribution < -0.4 is 10.1 Å². The second-order valence-electron chi connectivity index (χ2n) is 3.95. The van der Waals surface area contributed by atoms with Crippen LogP contribution in [-0.2, 0) is 0 Å². The number of anilines is 1. The average Bonchev–Trinajstić information content (AvgIpc) is 2.81. The molecule has 5 heteroatoms. The minimum Gasteiger partial charge on any atom is -0.393 e. The molecule has 0 unspecified atom stereocenters. The Labute approximate surface area is 109 Å². The van der Waals surface area contributed by atoms with Crippen molar-refractivity contribution >= 4 is 22.8 Å². The van der Waals surface area contributed by atoms with Gasteiger partial charge in [-0.2, -0.15) is 0 Å². The molecule has 0 saturated heterocycles. The van der Waals surface area contributed by atoms with E-state index in [1.165, 1.54) is 0 Å². The van der Waals surface area contributed by atoms with Gasteiger partial charge in [0.2, 0.25) is 5.88 Å². The largest absolute Gasteiger partial charge is 0.419 e. The van der Waals surface area contributed by atoms with Crippen molar-refractivity contribution in [3.05, 3.63) is 54.7 Å². The molecule has 1 aromatic carbocycles. The summed E-state index contributed by atoms with van der Waals surface area (Å²) in [5.74, 6) is 0.846. The highest BCUT2D eigenvalue weighted by Gasteiger charge is 2.07. The van der Waals surface area contributed by atoms with E-state index in [1.54, 1.807) is 30.5 Å². The summed E-state index contributed by atoms with van der Waals surface area (Å²) in [4.78, 5) is 18.7. The summed E-state index contributed by atoms with van der Waals surface area (Å²) in [6, 6.07) is 14.7. The van der Waals surface area contributed by atoms with Crippen molar-refractivity contribution in [1.29, 1.82) is 0 Å². The molecular formula is C14H11N3O2. The minimum atomic E-state index is -0.578. The van der Waals surface area contributed by atoms with Gasteiger partial charge in [0.15, 0.2) is 0 Å². The molecule has 3 rings (SSSR count). The molecule has 0 radical (unpaired) electrons. The van der Waals surface area contributed by atoms with Crippen LogP contribution >= 0.6 is 0 Å². The molecule has 0 atom stereocenters. The number of hydrogen-bond donors (Lipinski definition) is 2. The Hall–Kier alpha value is -2.82. The topological polar surface area (TPSA) is 67.0 Å². The van der Waals surface area contributed by atoms with E-state index in [0.717, 1.165) is 10.9 Å². The van der Waals surface area contributed by atoms with Crippen molar-refractivity contribution in [2.24, 2.45) is 0 Å². The number of nitrogens with one attached hydrogen (secondary N) is 2. The van der Waals surface area contributed by atoms with Crippen molar-refractivity contribution in [3.8, 4) is 5.88 Å². The molecule has 0 fully saturated rings. The number of pyridine rings is 1. The third-order valence-electron chi connectivity index (χ3n) is 2.60. The number of rotatable bonds is 2. The molecule has 3 aromatic rings. The number of carbonyl (C=O) groups excluding carboxylic acids is 1. The maximum Gasteiger partial charge on any atom is 0.419 e. The van der Waals surface area contributed by atoms with Crippen molar-refractivity contribution in [2.75, 3.05) is 5.32 Å². The second-order valence-corrected chi connectivity index (χ2v) is 3.95. The van der Waals surface area contributed by atoms with Crippen LogP contribution in [0.1, 0.15) is 0 Å². The molecule has 5 nitrogen and oxygen atoms in total. The monoisotopic (exact) mass is 253 g/mol. The van der Waals surface area contributed by atoms with Gasteiger partial charge in [-0.3, -0.25) is 5.32 Å². The zero-order chi connectivity index (χ0) is 13.1. The van der Waals surface area contributed by atoms with Crippen LogP contribution in [-0.4, -0.2) is 16.1 Å². The Bertz CT molecular complexity index is 674. The van der Waals surface area contributed by atoms with Crippen molar-refractivity contribution in [3.63, 3.8) is 0 Å². The van der Waals surface area contributed by atoms with Crippen LogP contribution in [0.25, 0.3) is 10.9 Å². The highest BCUT2D eigenvalue weighted by Crippen LogP contribution is 2.20. The SMILES string of the molecule is O=C(Nc1ccccn1)Oc1cc2ccccc2[nH]1. The maximum absolute atomic E-state index is 11.7. The molecule has 0 aliphatic heterocycles. The van der Waals surface area contributed by atoms with Gasteiger partial charge in [-0.15, -0.1) is 0 Å². The van der Waals surface area contributed by atoms with Gasteiger partial charge in [0.05, 0.1) is 0 Å². The predicted octanol–water partition coefficient (Wildman–Crippen LogP) is 3.17. The number of amides is 1. The second kappa shape index (κ2) is 4.81. The summed E-state index contributed by atoms with van der Waals surface area (Å²) < 4.78 is 5.16. The van der Waals surface area contributed by atoms with Gasteiger partial charge in [0, 0.05) is 23.2 Å². The molecule has 0 spiro atoms. The van der Waals surface area contributed by atoms with E-state index in [2.05, 4.69) is 15.3 Å². The van der Waals surface area contributed by atoms with Gasteiger partial charge in [-0.05, 0) is 18.2 Å². The van der Waals surface area contributed by atoms with Gasteiger partial charge in [0.25, 0.3) is 0 Å². The van der Waals surface area contributed by atoms with Crippen LogP contribution in [0.5, 0.6) is 5.88 Å². The number of carbonyl (C=O) groups is 1. The molecule has 0 saturated carbocycles. The molecule has 1 amide bonds. The van der Waals surface area contributed by atoms with Crippen LogP contribution in [0.4, 0.5) is 10.6 Å². The van der Waals surface area contributed by atoms with Crippen LogP contribution in [0.3, 0.4) is 0 Å². The van der Waals surface area contributed by atoms with E-state index in [9.17, 15) is 4.79 Å². The van der Waals surface area contributed by atoms with E-state index in [4.69, 9.17) is 4.74 Å². The summed E-state index contributed by atoms with van der Waals surface area (Å²) >= 11 is 0. The van der Waals surface area contributed by atoms with Gasteiger partial charge in [-0.1, -0.05) is 24.3 Å². The highest BCUT2D eigenvalue weighted by molar-refractivity contribution is 5.87. The van der Waals surface area contributed by atoms with E-state index >= 15 is 0 Å². The highest BCUT2D eigenvalue weighted by atomic mass is 16.6. The Morgan fingerprint density at radius 3 is 2.79 bits per heavy atom. The number of fused-ring (bicyclic) bond motifs is 1. The molecule has 0 bridgehead atoms. The van der Waals surface area contributed by atoms with Crippen molar-refractivity contribution in [2.45, 2.75) is 0 Å². The summed E-state index contributed by atoms with van der Waals surface area (Å²) in [5.41, 5.74) is 0.920. The molecular weight excluding hydrogens is 242 g/mol. The number of aromatic nitrogens is 2. The van der Waals surface area contributed by atoms with E-state index in [0.29, 0.717) is 11.7 Å². The lowest BCUT2D eigenvalue weighted by Crippen LogP contribution is -2.17. The molecule has 2 heterocycles. The number of para-hydroxylation sites is 1. The van der Waals surface area contributed by atoms with E-state index < -0.39 is 6.09 Å². The quantitative estimate of drug-likeness (QED) is 0.737. The zero-order valence-electron chi connectivity index (χ0n) is 9.96.